The summed E-state index contributed by atoms with van der Waals surface area (Å²) in [5.41, 5.74) is 5.73. The van der Waals surface area contributed by atoms with Crippen LogP contribution in [0, 0.1) is 24.0 Å². The second-order valence-electron chi connectivity index (χ2n) is 8.75. The molecular weight excluding hydrogens is 440 g/mol. The average molecular weight is 460 g/mol. The Bertz CT molecular complexity index is 1670. The number of nitro groups is 1. The number of anilines is 2. The van der Waals surface area contributed by atoms with E-state index in [9.17, 15) is 14.9 Å². The predicted molar refractivity (Wildman–Crippen MR) is 136 cm³/mol. The molecule has 0 unspecified atom stereocenters. The van der Waals surface area contributed by atoms with Crippen molar-refractivity contribution in [2.45, 2.75) is 13.8 Å². The van der Waals surface area contributed by atoms with Gasteiger partial charge in [-0.05, 0) is 35.9 Å². The zero-order valence-corrected chi connectivity index (χ0v) is 19.1. The highest BCUT2D eigenvalue weighted by Gasteiger charge is 2.34. The molecule has 1 N–H and O–H groups in total. The molecule has 35 heavy (non-hydrogen) atoms. The van der Waals surface area contributed by atoms with Crippen molar-refractivity contribution < 1.29 is 14.1 Å². The summed E-state index contributed by atoms with van der Waals surface area (Å²) in [7, 11) is 0. The Morgan fingerprint density at radius 2 is 1.49 bits per heavy atom. The molecule has 6 nitrogen and oxygen atoms in total. The number of hydrogen-bond donors (Lipinski definition) is 1. The highest BCUT2D eigenvalue weighted by Crippen LogP contribution is 2.49. The van der Waals surface area contributed by atoms with Crippen LogP contribution in [0.25, 0.3) is 33.2 Å². The number of furan rings is 1. The Morgan fingerprint density at radius 3 is 2.20 bits per heavy atom. The van der Waals surface area contributed by atoms with E-state index in [2.05, 4.69) is 5.32 Å². The summed E-state index contributed by atoms with van der Waals surface area (Å²) in [5, 5.41) is 16.7. The first-order valence-electron chi connectivity index (χ1n) is 11.3. The van der Waals surface area contributed by atoms with Gasteiger partial charge in [-0.25, -0.2) is 0 Å². The Hall–Kier alpha value is -4.71. The van der Waals surface area contributed by atoms with Crippen molar-refractivity contribution >= 4 is 33.8 Å². The number of benzene rings is 4. The molecule has 1 aromatic heterocycles. The molecule has 0 saturated heterocycles. The number of carbonyl (C=O) groups excluding carboxylic acids is 1. The number of ketones is 1. The normalized spacial score (nSPS) is 12.0. The molecule has 0 spiro atoms. The number of fused-ring (bicyclic) bond motifs is 2. The van der Waals surface area contributed by atoms with E-state index in [0.29, 0.717) is 33.9 Å². The van der Waals surface area contributed by atoms with Crippen LogP contribution in [0.4, 0.5) is 17.3 Å². The van der Waals surface area contributed by atoms with Gasteiger partial charge in [-0.15, -0.1) is 0 Å². The first kappa shape index (κ1) is 20.9. The summed E-state index contributed by atoms with van der Waals surface area (Å²) in [5.74, 6) is 0.685. The zero-order valence-electron chi connectivity index (χ0n) is 19.1. The van der Waals surface area contributed by atoms with Crippen LogP contribution >= 0.6 is 0 Å². The Labute approximate surface area is 201 Å². The molecule has 0 bridgehead atoms. The Balaban J connectivity index is 1.67. The molecule has 1 heterocycles. The van der Waals surface area contributed by atoms with Gasteiger partial charge in [0.15, 0.2) is 5.78 Å². The second kappa shape index (κ2) is 7.67. The lowest BCUT2D eigenvalue weighted by Gasteiger charge is -2.16. The quantitative estimate of drug-likeness (QED) is 0.216. The van der Waals surface area contributed by atoms with E-state index < -0.39 is 4.92 Å². The van der Waals surface area contributed by atoms with Gasteiger partial charge in [0.25, 0.3) is 5.69 Å². The predicted octanol–water partition coefficient (Wildman–Crippen LogP) is 7.58. The van der Waals surface area contributed by atoms with E-state index in [1.165, 1.54) is 12.1 Å². The second-order valence-corrected chi connectivity index (χ2v) is 8.75. The maximum atomic E-state index is 13.9. The maximum Gasteiger partial charge on any atom is 0.270 e. The number of nitro benzene ring substituents is 1. The van der Waals surface area contributed by atoms with Crippen molar-refractivity contribution in [3.05, 3.63) is 111 Å². The van der Waals surface area contributed by atoms with Gasteiger partial charge < -0.3 is 9.73 Å². The van der Waals surface area contributed by atoms with Crippen LogP contribution < -0.4 is 5.32 Å². The fraction of sp³-hybridized carbons (Fsp3) is 0.0690. The molecule has 0 atom stereocenters. The smallest absolute Gasteiger partial charge is 0.270 e. The largest absolute Gasteiger partial charge is 0.439 e. The van der Waals surface area contributed by atoms with Crippen LogP contribution in [0.1, 0.15) is 27.0 Å². The summed E-state index contributed by atoms with van der Waals surface area (Å²) < 4.78 is 6.42. The summed E-state index contributed by atoms with van der Waals surface area (Å²) in [6.07, 6.45) is 0. The highest BCUT2D eigenvalue weighted by atomic mass is 16.6. The van der Waals surface area contributed by atoms with Crippen molar-refractivity contribution in [3.63, 3.8) is 0 Å². The van der Waals surface area contributed by atoms with Crippen molar-refractivity contribution in [1.29, 1.82) is 0 Å². The SMILES string of the molecule is Cc1cccc(C)c1Nc1oc2c(c1-c1cccc([N+](=O)[O-])c1)C(=O)c1cccc3cccc-2c13. The highest BCUT2D eigenvalue weighted by molar-refractivity contribution is 6.28. The van der Waals surface area contributed by atoms with Gasteiger partial charge in [-0.2, -0.15) is 0 Å². The van der Waals surface area contributed by atoms with Gasteiger partial charge in [0, 0.05) is 34.3 Å². The minimum Gasteiger partial charge on any atom is -0.439 e. The molecule has 6 rings (SSSR count). The van der Waals surface area contributed by atoms with E-state index in [1.807, 2.05) is 68.4 Å². The van der Waals surface area contributed by atoms with E-state index >= 15 is 0 Å². The van der Waals surface area contributed by atoms with Gasteiger partial charge in [0.05, 0.1) is 16.1 Å². The number of nitrogens with zero attached hydrogens (tertiary/aromatic N) is 1. The summed E-state index contributed by atoms with van der Waals surface area (Å²) in [6.45, 7) is 3.99. The molecule has 6 heteroatoms. The third-order valence-electron chi connectivity index (χ3n) is 6.59. The fourth-order valence-corrected chi connectivity index (χ4v) is 4.96. The van der Waals surface area contributed by atoms with Crippen LogP contribution in [-0.4, -0.2) is 10.7 Å². The van der Waals surface area contributed by atoms with E-state index in [4.69, 9.17) is 4.42 Å². The Kier molecular flexibility index (Phi) is 4.57. The van der Waals surface area contributed by atoms with E-state index in [0.717, 1.165) is 33.2 Å². The van der Waals surface area contributed by atoms with Gasteiger partial charge in [0.1, 0.15) is 5.76 Å². The van der Waals surface area contributed by atoms with Crippen LogP contribution in [0.5, 0.6) is 0 Å². The van der Waals surface area contributed by atoms with Crippen LogP contribution in [0.3, 0.4) is 0 Å². The molecule has 5 aromatic rings. The summed E-state index contributed by atoms with van der Waals surface area (Å²) in [4.78, 5) is 25.0. The average Bonchev–Trinajstić information content (AvgIpc) is 3.24. The van der Waals surface area contributed by atoms with Crippen LogP contribution in [0.15, 0.2) is 83.3 Å². The molecule has 0 aliphatic heterocycles. The lowest BCUT2D eigenvalue weighted by atomic mass is 9.84. The molecule has 0 saturated carbocycles. The van der Waals surface area contributed by atoms with Gasteiger partial charge >= 0.3 is 0 Å². The molecule has 4 aromatic carbocycles. The monoisotopic (exact) mass is 460 g/mol. The molecule has 0 amide bonds. The molecule has 0 radical (unpaired) electrons. The third kappa shape index (κ3) is 3.14. The van der Waals surface area contributed by atoms with Gasteiger partial charge in [-0.3, -0.25) is 14.9 Å². The minimum absolute atomic E-state index is 0.0544. The first-order valence-corrected chi connectivity index (χ1v) is 11.3. The molecule has 1 aliphatic carbocycles. The lowest BCUT2D eigenvalue weighted by molar-refractivity contribution is -0.384. The lowest BCUT2D eigenvalue weighted by Crippen LogP contribution is -2.09. The van der Waals surface area contributed by atoms with Gasteiger partial charge in [0.2, 0.25) is 5.88 Å². The number of aryl methyl sites for hydroxylation is 2. The minimum atomic E-state index is -0.438. The fourth-order valence-electron chi connectivity index (χ4n) is 4.96. The van der Waals surface area contributed by atoms with Crippen molar-refractivity contribution in [2.24, 2.45) is 0 Å². The number of para-hydroxylation sites is 1. The number of hydrogen-bond acceptors (Lipinski definition) is 5. The number of non-ortho nitro benzene ring substituents is 1. The standard InChI is InChI=1S/C29H20N2O4/c1-16-7-3-8-17(2)26(16)30-29-24(19-11-4-12-20(15-19)31(33)34)25-27(32)21-13-5-9-18-10-6-14-22(23(18)21)28(25)35-29/h3-15,30H,1-2H3. The van der Waals surface area contributed by atoms with E-state index in [1.54, 1.807) is 12.1 Å². The maximum absolute atomic E-state index is 13.9. The third-order valence-corrected chi connectivity index (χ3v) is 6.59. The summed E-state index contributed by atoms with van der Waals surface area (Å²) in [6, 6.07) is 23.8. The number of rotatable bonds is 4. The molecule has 170 valence electrons. The van der Waals surface area contributed by atoms with E-state index in [-0.39, 0.29) is 11.5 Å². The van der Waals surface area contributed by atoms with Gasteiger partial charge in [-0.1, -0.05) is 66.7 Å². The van der Waals surface area contributed by atoms with Crippen molar-refractivity contribution in [2.75, 3.05) is 5.32 Å². The summed E-state index contributed by atoms with van der Waals surface area (Å²) >= 11 is 0. The number of carbonyl (C=O) groups is 1. The zero-order chi connectivity index (χ0) is 24.3. The molecule has 1 aliphatic rings. The molecule has 0 fully saturated rings. The molecular formula is C29H20N2O4. The van der Waals surface area contributed by atoms with Crippen LogP contribution in [-0.2, 0) is 0 Å². The van der Waals surface area contributed by atoms with Crippen molar-refractivity contribution in [1.82, 2.24) is 0 Å². The van der Waals surface area contributed by atoms with Crippen LogP contribution in [0.2, 0.25) is 0 Å². The van der Waals surface area contributed by atoms with Crippen molar-refractivity contribution in [3.8, 4) is 22.5 Å². The number of nitrogens with one attached hydrogen (secondary N) is 1. The Morgan fingerprint density at radius 1 is 0.829 bits per heavy atom. The topological polar surface area (TPSA) is 85.4 Å². The first-order chi connectivity index (χ1) is 16.9.